The molecule has 0 saturated heterocycles. The van der Waals surface area contributed by atoms with Gasteiger partial charge in [0.1, 0.15) is 5.56 Å². The fourth-order valence-electron chi connectivity index (χ4n) is 1.81. The molecule has 20 heavy (non-hydrogen) atoms. The van der Waals surface area contributed by atoms with Crippen LogP contribution < -0.4 is 11.2 Å². The Balaban J connectivity index is 3.22. The molecule has 0 amide bonds. The number of aromatic hydroxyl groups is 1. The molecule has 1 heterocycles. The lowest BCUT2D eigenvalue weighted by Crippen LogP contribution is -2.33. The number of nitrogens with one attached hydrogen (secondary N) is 1. The summed E-state index contributed by atoms with van der Waals surface area (Å²) in [6.45, 7) is 4.27. The van der Waals surface area contributed by atoms with E-state index in [1.54, 1.807) is 6.92 Å². The lowest BCUT2D eigenvalue weighted by molar-refractivity contribution is 0.291. The molecule has 112 valence electrons. The standard InChI is InChI=1S/C13H21N3O4/c1-3-4-7-16-12(19)10(11(18)15-13(16)20)9(2)14-6-5-8-17/h17,19H,3-8H2,1-2H3,(H,15,18,20). The van der Waals surface area contributed by atoms with Crippen LogP contribution in [0.25, 0.3) is 0 Å². The van der Waals surface area contributed by atoms with Crippen molar-refractivity contribution >= 4 is 5.71 Å². The molecule has 1 aromatic rings. The SMILES string of the molecule is CCCCn1c(O)c(C(C)=NCCCO)c(=O)[nH]c1=O. The van der Waals surface area contributed by atoms with Crippen molar-refractivity contribution in [2.45, 2.75) is 39.7 Å². The highest BCUT2D eigenvalue weighted by Crippen LogP contribution is 2.12. The zero-order chi connectivity index (χ0) is 15.1. The Hall–Kier alpha value is -1.89. The Labute approximate surface area is 116 Å². The number of aliphatic imine (C=N–C) groups is 1. The average molecular weight is 283 g/mol. The van der Waals surface area contributed by atoms with Crippen molar-refractivity contribution in [1.82, 2.24) is 9.55 Å². The summed E-state index contributed by atoms with van der Waals surface area (Å²) >= 11 is 0. The first-order valence-electron chi connectivity index (χ1n) is 6.71. The minimum absolute atomic E-state index is 0.00904. The quantitative estimate of drug-likeness (QED) is 0.492. The van der Waals surface area contributed by atoms with Crippen LogP contribution in [-0.4, -0.2) is 38.6 Å². The molecule has 0 radical (unpaired) electrons. The van der Waals surface area contributed by atoms with Gasteiger partial charge in [-0.15, -0.1) is 0 Å². The van der Waals surface area contributed by atoms with E-state index in [4.69, 9.17) is 5.11 Å². The van der Waals surface area contributed by atoms with Crippen molar-refractivity contribution in [2.24, 2.45) is 4.99 Å². The Morgan fingerprint density at radius 3 is 2.65 bits per heavy atom. The third kappa shape index (κ3) is 3.80. The third-order valence-electron chi connectivity index (χ3n) is 2.93. The first-order chi connectivity index (χ1) is 9.52. The van der Waals surface area contributed by atoms with Gasteiger partial charge in [-0.1, -0.05) is 13.3 Å². The van der Waals surface area contributed by atoms with E-state index in [0.717, 1.165) is 17.4 Å². The molecule has 1 aromatic heterocycles. The van der Waals surface area contributed by atoms with E-state index in [1.165, 1.54) is 0 Å². The fourth-order valence-corrected chi connectivity index (χ4v) is 1.81. The largest absolute Gasteiger partial charge is 0.494 e. The topological polar surface area (TPSA) is 108 Å². The van der Waals surface area contributed by atoms with Crippen molar-refractivity contribution < 1.29 is 10.2 Å². The number of hydrogen-bond acceptors (Lipinski definition) is 5. The van der Waals surface area contributed by atoms with Gasteiger partial charge in [-0.25, -0.2) is 4.79 Å². The highest BCUT2D eigenvalue weighted by molar-refractivity contribution is 6.00. The lowest BCUT2D eigenvalue weighted by atomic mass is 10.2. The summed E-state index contributed by atoms with van der Waals surface area (Å²) in [5.41, 5.74) is -0.903. The lowest BCUT2D eigenvalue weighted by Gasteiger charge is -2.10. The molecule has 0 atom stereocenters. The predicted octanol–water partition coefficient (Wildman–Crippen LogP) is 0.234. The summed E-state index contributed by atoms with van der Waals surface area (Å²) in [5.74, 6) is -0.350. The normalized spacial score (nSPS) is 11.8. The van der Waals surface area contributed by atoms with Crippen molar-refractivity contribution in [3.8, 4) is 5.88 Å². The van der Waals surface area contributed by atoms with Gasteiger partial charge in [0.15, 0.2) is 0 Å². The van der Waals surface area contributed by atoms with Crippen molar-refractivity contribution in [3.63, 3.8) is 0 Å². The molecule has 0 aliphatic rings. The highest BCUT2D eigenvalue weighted by atomic mass is 16.3. The van der Waals surface area contributed by atoms with Crippen LogP contribution in [0.3, 0.4) is 0 Å². The maximum absolute atomic E-state index is 11.8. The minimum Gasteiger partial charge on any atom is -0.494 e. The van der Waals surface area contributed by atoms with Gasteiger partial charge >= 0.3 is 5.69 Å². The van der Waals surface area contributed by atoms with Crippen molar-refractivity contribution in [2.75, 3.05) is 13.2 Å². The van der Waals surface area contributed by atoms with Crippen molar-refractivity contribution in [3.05, 3.63) is 26.4 Å². The van der Waals surface area contributed by atoms with E-state index in [9.17, 15) is 14.7 Å². The molecule has 0 aromatic carbocycles. The van der Waals surface area contributed by atoms with Crippen LogP contribution in [0.1, 0.15) is 38.7 Å². The molecule has 0 spiro atoms. The molecule has 0 fully saturated rings. The predicted molar refractivity (Wildman–Crippen MR) is 76.7 cm³/mol. The van der Waals surface area contributed by atoms with Crippen LogP contribution in [0, 0.1) is 0 Å². The second-order valence-electron chi connectivity index (χ2n) is 4.51. The highest BCUT2D eigenvalue weighted by Gasteiger charge is 2.16. The van der Waals surface area contributed by atoms with Gasteiger partial charge in [0, 0.05) is 25.4 Å². The number of rotatable bonds is 7. The number of hydrogen-bond donors (Lipinski definition) is 3. The Morgan fingerprint density at radius 1 is 1.35 bits per heavy atom. The summed E-state index contributed by atoms with van der Waals surface area (Å²) in [7, 11) is 0. The van der Waals surface area contributed by atoms with Crippen LogP contribution in [0.15, 0.2) is 14.6 Å². The van der Waals surface area contributed by atoms with Crippen LogP contribution in [-0.2, 0) is 6.54 Å². The molecule has 0 aliphatic heterocycles. The van der Waals surface area contributed by atoms with E-state index in [2.05, 4.69) is 9.98 Å². The zero-order valence-corrected chi connectivity index (χ0v) is 11.8. The maximum atomic E-state index is 11.8. The Morgan fingerprint density at radius 2 is 2.05 bits per heavy atom. The number of aliphatic hydroxyl groups excluding tert-OH is 1. The molecule has 0 unspecified atom stereocenters. The van der Waals surface area contributed by atoms with Gasteiger partial charge in [0.2, 0.25) is 5.88 Å². The van der Waals surface area contributed by atoms with Gasteiger partial charge in [-0.05, 0) is 19.8 Å². The first-order valence-corrected chi connectivity index (χ1v) is 6.71. The second-order valence-corrected chi connectivity index (χ2v) is 4.51. The van der Waals surface area contributed by atoms with E-state index < -0.39 is 11.2 Å². The smallest absolute Gasteiger partial charge is 0.331 e. The van der Waals surface area contributed by atoms with Crippen LogP contribution in [0.5, 0.6) is 5.88 Å². The van der Waals surface area contributed by atoms with Gasteiger partial charge < -0.3 is 10.2 Å². The van der Waals surface area contributed by atoms with Gasteiger partial charge in [-0.3, -0.25) is 19.3 Å². The number of aromatic amines is 1. The molecule has 0 bridgehead atoms. The first kappa shape index (κ1) is 16.2. The third-order valence-corrected chi connectivity index (χ3v) is 2.93. The van der Waals surface area contributed by atoms with Gasteiger partial charge in [0.25, 0.3) is 5.56 Å². The number of unbranched alkanes of at least 4 members (excludes halogenated alkanes) is 1. The molecule has 1 rings (SSSR count). The molecule has 0 saturated carbocycles. The number of aromatic nitrogens is 2. The van der Waals surface area contributed by atoms with E-state index in [0.29, 0.717) is 25.2 Å². The van der Waals surface area contributed by atoms with E-state index >= 15 is 0 Å². The van der Waals surface area contributed by atoms with Crippen LogP contribution >= 0.6 is 0 Å². The molecular formula is C13H21N3O4. The second kappa shape index (κ2) is 7.64. The van der Waals surface area contributed by atoms with Gasteiger partial charge in [-0.2, -0.15) is 0 Å². The van der Waals surface area contributed by atoms with Crippen LogP contribution in [0.2, 0.25) is 0 Å². The van der Waals surface area contributed by atoms with Gasteiger partial charge in [0.05, 0.1) is 0 Å². The summed E-state index contributed by atoms with van der Waals surface area (Å²) < 4.78 is 1.14. The Kier molecular flexibility index (Phi) is 6.17. The molecule has 7 nitrogen and oxygen atoms in total. The number of H-pyrrole nitrogens is 1. The number of aliphatic hydroxyl groups is 1. The summed E-state index contributed by atoms with van der Waals surface area (Å²) in [6, 6.07) is 0. The Bertz CT molecular complexity index is 586. The van der Waals surface area contributed by atoms with Crippen LogP contribution in [0.4, 0.5) is 0 Å². The zero-order valence-electron chi connectivity index (χ0n) is 11.8. The molecular weight excluding hydrogens is 262 g/mol. The summed E-state index contributed by atoms with van der Waals surface area (Å²) in [4.78, 5) is 29.8. The number of nitrogens with zero attached hydrogens (tertiary/aromatic N) is 2. The maximum Gasteiger partial charge on any atom is 0.331 e. The fraction of sp³-hybridized carbons (Fsp3) is 0.615. The average Bonchev–Trinajstić information content (AvgIpc) is 2.38. The van der Waals surface area contributed by atoms with Crippen molar-refractivity contribution in [1.29, 1.82) is 0 Å². The summed E-state index contributed by atoms with van der Waals surface area (Å²) in [5, 5.41) is 18.8. The molecule has 7 heteroatoms. The monoisotopic (exact) mass is 283 g/mol. The minimum atomic E-state index is -0.648. The van der Waals surface area contributed by atoms with E-state index in [-0.39, 0.29) is 18.1 Å². The molecule has 0 aliphatic carbocycles. The summed E-state index contributed by atoms with van der Waals surface area (Å²) in [6.07, 6.45) is 2.06. The van der Waals surface area contributed by atoms with E-state index in [1.807, 2.05) is 6.92 Å². The molecule has 3 N–H and O–H groups in total.